The number of hydrogen-bond donors (Lipinski definition) is 1. The van der Waals surface area contributed by atoms with Gasteiger partial charge in [-0.15, -0.1) is 11.3 Å². The molecule has 0 amide bonds. The summed E-state index contributed by atoms with van der Waals surface area (Å²) < 4.78 is 27.1. The van der Waals surface area contributed by atoms with E-state index < -0.39 is 10.0 Å². The van der Waals surface area contributed by atoms with Gasteiger partial charge in [-0.1, -0.05) is 57.0 Å². The monoisotopic (exact) mass is 323 g/mol. The molecule has 1 aromatic heterocycles. The van der Waals surface area contributed by atoms with Gasteiger partial charge in [0.25, 0.3) is 0 Å². The Morgan fingerprint density at radius 1 is 1.11 bits per heavy atom. The van der Waals surface area contributed by atoms with Crippen molar-refractivity contribution in [3.05, 3.63) is 16.5 Å². The minimum Gasteiger partial charge on any atom is -0.210 e. The Hall–Kier alpha value is -0.100. The molecule has 0 aliphatic carbocycles. The topological polar surface area (TPSA) is 46.2 Å². The fourth-order valence-electron chi connectivity index (χ4n) is 1.80. The number of sulfonamides is 1. The lowest BCUT2D eigenvalue weighted by atomic mass is 10.1. The third-order valence-corrected chi connectivity index (χ3v) is 6.07. The number of hydrogen-bond acceptors (Lipinski definition) is 3. The van der Waals surface area contributed by atoms with Crippen molar-refractivity contribution in [2.45, 2.75) is 56.1 Å². The summed E-state index contributed by atoms with van der Waals surface area (Å²) in [5, 5.41) is 0. The van der Waals surface area contributed by atoms with E-state index in [2.05, 4.69) is 11.6 Å². The minimum absolute atomic E-state index is 0.292. The van der Waals surface area contributed by atoms with Crippen molar-refractivity contribution in [2.75, 3.05) is 6.54 Å². The lowest BCUT2D eigenvalue weighted by molar-refractivity contribution is 0.565. The van der Waals surface area contributed by atoms with Crippen molar-refractivity contribution >= 4 is 33.0 Å². The summed E-state index contributed by atoms with van der Waals surface area (Å²) in [6, 6.07) is 3.15. The first kappa shape index (κ1) is 17.0. The van der Waals surface area contributed by atoms with Gasteiger partial charge in [-0.05, 0) is 18.6 Å². The molecule has 0 atom stereocenters. The molecular formula is C13H22ClNO2S2. The highest BCUT2D eigenvalue weighted by Crippen LogP contribution is 2.25. The van der Waals surface area contributed by atoms with Crippen molar-refractivity contribution in [2.24, 2.45) is 0 Å². The van der Waals surface area contributed by atoms with Crippen molar-refractivity contribution in [1.82, 2.24) is 4.72 Å². The van der Waals surface area contributed by atoms with Crippen LogP contribution in [0.3, 0.4) is 0 Å². The second kappa shape index (κ2) is 8.95. The van der Waals surface area contributed by atoms with Gasteiger partial charge in [-0.2, -0.15) is 0 Å². The van der Waals surface area contributed by atoms with Crippen LogP contribution in [-0.2, 0) is 10.0 Å². The molecule has 0 bridgehead atoms. The second-order valence-electron chi connectivity index (χ2n) is 4.58. The van der Waals surface area contributed by atoms with Crippen molar-refractivity contribution in [1.29, 1.82) is 0 Å². The second-order valence-corrected chi connectivity index (χ2v) is 8.29. The van der Waals surface area contributed by atoms with Gasteiger partial charge in [0, 0.05) is 6.54 Å². The van der Waals surface area contributed by atoms with Crippen LogP contribution in [0.5, 0.6) is 0 Å². The predicted octanol–water partition coefficient (Wildman–Crippen LogP) is 4.43. The number of thiophene rings is 1. The Morgan fingerprint density at radius 2 is 1.74 bits per heavy atom. The van der Waals surface area contributed by atoms with E-state index in [1.807, 2.05) is 0 Å². The summed E-state index contributed by atoms with van der Waals surface area (Å²) in [6.45, 7) is 2.71. The predicted molar refractivity (Wildman–Crippen MR) is 82.5 cm³/mol. The number of unbranched alkanes of at least 4 members (excludes halogenated alkanes) is 6. The average molecular weight is 324 g/mol. The van der Waals surface area contributed by atoms with E-state index in [-0.39, 0.29) is 0 Å². The van der Waals surface area contributed by atoms with E-state index >= 15 is 0 Å². The van der Waals surface area contributed by atoms with Crippen LogP contribution in [0.4, 0.5) is 0 Å². The molecule has 0 saturated carbocycles. The summed E-state index contributed by atoms with van der Waals surface area (Å²) in [4.78, 5) is 0. The average Bonchev–Trinajstić information content (AvgIpc) is 2.80. The maximum atomic E-state index is 11.9. The summed E-state index contributed by atoms with van der Waals surface area (Å²) in [5.74, 6) is 0. The molecule has 0 radical (unpaired) electrons. The molecular weight excluding hydrogens is 302 g/mol. The highest BCUT2D eigenvalue weighted by atomic mass is 35.5. The van der Waals surface area contributed by atoms with Crippen LogP contribution >= 0.6 is 22.9 Å². The normalized spacial score (nSPS) is 11.9. The van der Waals surface area contributed by atoms with Gasteiger partial charge in [-0.3, -0.25) is 0 Å². The zero-order chi connectivity index (χ0) is 14.1. The van der Waals surface area contributed by atoms with Crippen LogP contribution in [0, 0.1) is 0 Å². The number of nitrogens with one attached hydrogen (secondary N) is 1. The summed E-state index contributed by atoms with van der Waals surface area (Å²) in [7, 11) is -3.36. The molecule has 3 nitrogen and oxygen atoms in total. The van der Waals surface area contributed by atoms with Crippen LogP contribution in [0.15, 0.2) is 16.3 Å². The van der Waals surface area contributed by atoms with Gasteiger partial charge in [-0.25, -0.2) is 13.1 Å². The third-order valence-electron chi connectivity index (χ3n) is 2.89. The van der Waals surface area contributed by atoms with Gasteiger partial charge in [0.15, 0.2) is 0 Å². The standard InChI is InChI=1S/C13H22ClNO2S2/c1-2-3-4-5-6-7-8-11-15-19(16,17)13-10-9-12(14)18-13/h9-10,15H,2-8,11H2,1H3. The Labute approximate surface area is 125 Å². The Balaban J connectivity index is 2.15. The SMILES string of the molecule is CCCCCCCCCNS(=O)(=O)c1ccc(Cl)s1. The Bertz CT molecular complexity index is 457. The van der Waals surface area contributed by atoms with E-state index in [0.29, 0.717) is 15.1 Å². The van der Waals surface area contributed by atoms with E-state index in [9.17, 15) is 8.42 Å². The molecule has 0 fully saturated rings. The molecule has 0 saturated heterocycles. The summed E-state index contributed by atoms with van der Waals surface area (Å²) in [6.07, 6.45) is 8.25. The van der Waals surface area contributed by atoms with Gasteiger partial charge >= 0.3 is 0 Å². The Morgan fingerprint density at radius 3 is 2.32 bits per heavy atom. The Kier molecular flexibility index (Phi) is 7.99. The zero-order valence-corrected chi connectivity index (χ0v) is 13.7. The summed E-state index contributed by atoms with van der Waals surface area (Å²) in [5.41, 5.74) is 0. The van der Waals surface area contributed by atoms with Crippen molar-refractivity contribution < 1.29 is 8.42 Å². The van der Waals surface area contributed by atoms with Crippen molar-refractivity contribution in [3.8, 4) is 0 Å². The molecule has 19 heavy (non-hydrogen) atoms. The molecule has 1 heterocycles. The summed E-state index contributed by atoms with van der Waals surface area (Å²) >= 11 is 6.82. The van der Waals surface area contributed by atoms with E-state index in [4.69, 9.17) is 11.6 Å². The third kappa shape index (κ3) is 6.75. The first-order valence-electron chi connectivity index (χ1n) is 6.81. The molecule has 110 valence electrons. The highest BCUT2D eigenvalue weighted by Gasteiger charge is 2.15. The molecule has 0 aromatic carbocycles. The highest BCUT2D eigenvalue weighted by molar-refractivity contribution is 7.91. The zero-order valence-electron chi connectivity index (χ0n) is 11.3. The first-order valence-corrected chi connectivity index (χ1v) is 9.49. The van der Waals surface area contributed by atoms with Gasteiger partial charge in [0.1, 0.15) is 4.21 Å². The van der Waals surface area contributed by atoms with Crippen LogP contribution < -0.4 is 4.72 Å². The first-order chi connectivity index (χ1) is 9.06. The largest absolute Gasteiger partial charge is 0.250 e. The molecule has 1 N–H and O–H groups in total. The smallest absolute Gasteiger partial charge is 0.210 e. The van der Waals surface area contributed by atoms with Crippen molar-refractivity contribution in [3.63, 3.8) is 0 Å². The van der Waals surface area contributed by atoms with E-state index in [1.54, 1.807) is 12.1 Å². The van der Waals surface area contributed by atoms with Gasteiger partial charge in [0.05, 0.1) is 4.34 Å². The minimum atomic E-state index is -3.36. The molecule has 6 heteroatoms. The van der Waals surface area contributed by atoms with E-state index in [0.717, 1.165) is 24.2 Å². The maximum Gasteiger partial charge on any atom is 0.250 e. The molecule has 0 spiro atoms. The number of rotatable bonds is 10. The molecule has 1 rings (SSSR count). The van der Waals surface area contributed by atoms with Crippen LogP contribution in [-0.4, -0.2) is 15.0 Å². The molecule has 0 aliphatic rings. The maximum absolute atomic E-state index is 11.9. The van der Waals surface area contributed by atoms with Gasteiger partial charge in [0.2, 0.25) is 10.0 Å². The molecule has 0 aliphatic heterocycles. The lowest BCUT2D eigenvalue weighted by Gasteiger charge is -2.04. The van der Waals surface area contributed by atoms with Crippen LogP contribution in [0.25, 0.3) is 0 Å². The fraction of sp³-hybridized carbons (Fsp3) is 0.692. The van der Waals surface area contributed by atoms with Crippen LogP contribution in [0.1, 0.15) is 51.9 Å². The van der Waals surface area contributed by atoms with Gasteiger partial charge < -0.3 is 0 Å². The molecule has 1 aromatic rings. The van der Waals surface area contributed by atoms with E-state index in [1.165, 1.54) is 32.1 Å². The number of halogens is 1. The molecule has 0 unspecified atom stereocenters. The lowest BCUT2D eigenvalue weighted by Crippen LogP contribution is -2.23. The fourth-order valence-corrected chi connectivity index (χ4v) is 4.40. The van der Waals surface area contributed by atoms with Crippen LogP contribution in [0.2, 0.25) is 4.34 Å². The quantitative estimate of drug-likeness (QED) is 0.647.